The number of nitrogens with zero attached hydrogens (tertiary/aromatic N) is 4. The first kappa shape index (κ1) is 24.5. The Morgan fingerprint density at radius 2 is 1.88 bits per heavy atom. The molecule has 4 rings (SSSR count). The summed E-state index contributed by atoms with van der Waals surface area (Å²) in [5, 5.41) is 2.94. The lowest BCUT2D eigenvalue weighted by Crippen LogP contribution is -2.52. The van der Waals surface area contributed by atoms with Gasteiger partial charge in [0.2, 0.25) is 5.91 Å². The highest BCUT2D eigenvalue weighted by Gasteiger charge is 2.36. The van der Waals surface area contributed by atoms with E-state index in [1.54, 1.807) is 24.7 Å². The topological polar surface area (TPSA) is 117 Å². The van der Waals surface area contributed by atoms with Crippen molar-refractivity contribution >= 4 is 35.1 Å². The Morgan fingerprint density at radius 3 is 2.45 bits per heavy atom. The predicted molar refractivity (Wildman–Crippen MR) is 134 cm³/mol. The molecule has 0 spiro atoms. The zero-order valence-corrected chi connectivity index (χ0v) is 19.9. The summed E-state index contributed by atoms with van der Waals surface area (Å²) in [4.78, 5) is 28.7. The number of pyridine rings is 1. The number of aromatic nitrogens is 3. The Hall–Kier alpha value is -3.17. The van der Waals surface area contributed by atoms with Crippen LogP contribution in [0.3, 0.4) is 0 Å². The Bertz CT molecular complexity index is 1060. The minimum absolute atomic E-state index is 0.00155. The number of nitrogens with two attached hydrogens (primary N) is 1. The van der Waals surface area contributed by atoms with Crippen molar-refractivity contribution in [3.05, 3.63) is 55.0 Å². The summed E-state index contributed by atoms with van der Waals surface area (Å²) in [6, 6.07) is 11.2. The predicted octanol–water partition coefficient (Wildman–Crippen LogP) is 5.10. The molecule has 0 saturated carbocycles. The third-order valence-electron chi connectivity index (χ3n) is 5.57. The van der Waals surface area contributed by atoms with Gasteiger partial charge in [-0.1, -0.05) is 39.0 Å². The number of benzene rings is 1. The summed E-state index contributed by atoms with van der Waals surface area (Å²) in [5.41, 5.74) is 7.95. The molecular weight excluding hydrogens is 436 g/mol. The van der Waals surface area contributed by atoms with Crippen molar-refractivity contribution in [1.29, 1.82) is 0 Å². The third-order valence-corrected chi connectivity index (χ3v) is 6.06. The van der Waals surface area contributed by atoms with Gasteiger partial charge in [0.05, 0.1) is 18.1 Å². The number of amides is 1. The van der Waals surface area contributed by atoms with E-state index in [-0.39, 0.29) is 18.0 Å². The van der Waals surface area contributed by atoms with E-state index in [2.05, 4.69) is 34.0 Å². The fourth-order valence-corrected chi connectivity index (χ4v) is 4.14. The molecule has 0 bridgehead atoms. The minimum Gasteiger partial charge on any atom is -0.397 e. The third kappa shape index (κ3) is 5.61. The maximum Gasteiger partial charge on any atom is 0.247 e. The van der Waals surface area contributed by atoms with Gasteiger partial charge in [-0.3, -0.25) is 9.78 Å². The quantitative estimate of drug-likeness (QED) is 0.430. The van der Waals surface area contributed by atoms with Crippen molar-refractivity contribution in [2.24, 2.45) is 0 Å². The molecule has 0 radical (unpaired) electrons. The molecule has 3 heterocycles. The number of hydrogen-bond acceptors (Lipinski definition) is 8. The lowest BCUT2D eigenvalue weighted by atomic mass is 10.0. The van der Waals surface area contributed by atoms with E-state index in [0.29, 0.717) is 17.2 Å². The van der Waals surface area contributed by atoms with E-state index in [1.165, 1.54) is 0 Å². The Morgan fingerprint density at radius 1 is 1.15 bits per heavy atom. The average molecular weight is 467 g/mol. The van der Waals surface area contributed by atoms with Crippen molar-refractivity contribution in [2.75, 3.05) is 16.0 Å². The Kier molecular flexibility index (Phi) is 8.62. The molecule has 2 aromatic heterocycles. The zero-order chi connectivity index (χ0) is 23.8. The molecule has 0 fully saturated rings. The lowest BCUT2D eigenvalue weighted by molar-refractivity contribution is -0.117. The summed E-state index contributed by atoms with van der Waals surface area (Å²) in [6.07, 6.45) is 7.53. The standard InChI is InChI=1S/C18H24N6O.C6H6OS/c1-4-11(5-2)24-15(6-3)18(25)22-14-10-21-16(23-17(14)24)12-7-8-20-9-13(12)19;7-8-6-4-2-1-3-5-6/h7-11,15H,4-6,19H2,1-3H3,(H,22,25);1-5,7H/t15-;/m1./s1. The summed E-state index contributed by atoms with van der Waals surface area (Å²) in [7, 11) is 0. The first-order valence-electron chi connectivity index (χ1n) is 11.1. The van der Waals surface area contributed by atoms with Crippen LogP contribution >= 0.6 is 12.0 Å². The van der Waals surface area contributed by atoms with E-state index < -0.39 is 0 Å². The van der Waals surface area contributed by atoms with Gasteiger partial charge in [0.25, 0.3) is 0 Å². The fraction of sp³-hybridized carbons (Fsp3) is 0.333. The minimum atomic E-state index is -0.227. The van der Waals surface area contributed by atoms with Crippen LogP contribution in [0, 0.1) is 0 Å². The number of anilines is 3. The Labute approximate surface area is 198 Å². The highest BCUT2D eigenvalue weighted by Crippen LogP contribution is 2.35. The second-order valence-electron chi connectivity index (χ2n) is 7.59. The average Bonchev–Trinajstić information content (AvgIpc) is 2.85. The first-order valence-corrected chi connectivity index (χ1v) is 11.8. The maximum atomic E-state index is 12.5. The molecule has 3 aromatic rings. The van der Waals surface area contributed by atoms with Crippen LogP contribution in [-0.4, -0.2) is 37.5 Å². The van der Waals surface area contributed by atoms with Crippen LogP contribution in [0.15, 0.2) is 59.9 Å². The number of carbonyl (C=O) groups excluding carboxylic acids is 1. The lowest BCUT2D eigenvalue weighted by Gasteiger charge is -2.41. The van der Waals surface area contributed by atoms with Crippen LogP contribution in [0.1, 0.15) is 40.0 Å². The molecule has 8 nitrogen and oxygen atoms in total. The van der Waals surface area contributed by atoms with Gasteiger partial charge in [-0.25, -0.2) is 9.97 Å². The molecule has 1 aliphatic rings. The van der Waals surface area contributed by atoms with E-state index in [0.717, 1.165) is 47.6 Å². The second-order valence-corrected chi connectivity index (χ2v) is 8.24. The maximum absolute atomic E-state index is 12.5. The molecule has 33 heavy (non-hydrogen) atoms. The smallest absolute Gasteiger partial charge is 0.247 e. The number of nitrogens with one attached hydrogen (secondary N) is 1. The van der Waals surface area contributed by atoms with Gasteiger partial charge in [0.1, 0.15) is 11.7 Å². The fourth-order valence-electron chi connectivity index (χ4n) is 3.86. The largest absolute Gasteiger partial charge is 0.397 e. The summed E-state index contributed by atoms with van der Waals surface area (Å²) in [6.45, 7) is 6.29. The van der Waals surface area contributed by atoms with Gasteiger partial charge in [0.15, 0.2) is 11.6 Å². The molecule has 0 aliphatic carbocycles. The normalized spacial score (nSPS) is 14.9. The van der Waals surface area contributed by atoms with Gasteiger partial charge in [-0.05, 0) is 37.5 Å². The van der Waals surface area contributed by atoms with Gasteiger partial charge in [-0.2, -0.15) is 0 Å². The Balaban J connectivity index is 0.000000323. The SMILES string of the molecule is CCC(CC)N1c2nc(-c3ccncc3N)ncc2NC(=O)[C@H]1CC.OSc1ccccc1. The summed E-state index contributed by atoms with van der Waals surface area (Å²) < 4.78 is 8.45. The van der Waals surface area contributed by atoms with Crippen LogP contribution in [0.25, 0.3) is 11.4 Å². The molecule has 9 heteroatoms. The van der Waals surface area contributed by atoms with Crippen LogP contribution in [0.5, 0.6) is 0 Å². The van der Waals surface area contributed by atoms with Crippen LogP contribution in [-0.2, 0) is 4.79 Å². The molecule has 1 aliphatic heterocycles. The molecule has 0 saturated heterocycles. The van der Waals surface area contributed by atoms with Crippen LogP contribution < -0.4 is 16.0 Å². The van der Waals surface area contributed by atoms with Gasteiger partial charge in [-0.15, -0.1) is 0 Å². The van der Waals surface area contributed by atoms with Gasteiger partial charge >= 0.3 is 0 Å². The molecule has 174 valence electrons. The van der Waals surface area contributed by atoms with Gasteiger partial charge < -0.3 is 20.5 Å². The summed E-state index contributed by atoms with van der Waals surface area (Å²) in [5.74, 6) is 1.31. The molecule has 1 aromatic carbocycles. The molecule has 1 amide bonds. The van der Waals surface area contributed by atoms with E-state index in [9.17, 15) is 4.79 Å². The number of nitrogen functional groups attached to an aromatic ring is 1. The summed E-state index contributed by atoms with van der Waals surface area (Å²) >= 11 is 0.769. The molecule has 0 unspecified atom stereocenters. The highest BCUT2D eigenvalue weighted by molar-refractivity contribution is 7.93. The van der Waals surface area contributed by atoms with E-state index in [4.69, 9.17) is 15.3 Å². The van der Waals surface area contributed by atoms with Crippen molar-refractivity contribution in [1.82, 2.24) is 15.0 Å². The van der Waals surface area contributed by atoms with E-state index >= 15 is 0 Å². The van der Waals surface area contributed by atoms with E-state index in [1.807, 2.05) is 37.3 Å². The number of hydrogen-bond donors (Lipinski definition) is 3. The number of fused-ring (bicyclic) bond motifs is 1. The zero-order valence-electron chi connectivity index (χ0n) is 19.1. The molecular formula is C24H30N6O2S. The highest BCUT2D eigenvalue weighted by atomic mass is 32.2. The second kappa shape index (κ2) is 11.6. The number of rotatable bonds is 6. The monoisotopic (exact) mass is 466 g/mol. The van der Waals surface area contributed by atoms with Crippen molar-refractivity contribution < 1.29 is 9.35 Å². The van der Waals surface area contributed by atoms with Crippen LogP contribution in [0.4, 0.5) is 17.2 Å². The molecule has 1 atom stereocenters. The number of carbonyl (C=O) groups is 1. The van der Waals surface area contributed by atoms with Crippen molar-refractivity contribution in [3.63, 3.8) is 0 Å². The van der Waals surface area contributed by atoms with Gasteiger partial charge in [0, 0.05) is 34.7 Å². The van der Waals surface area contributed by atoms with Crippen LogP contribution in [0.2, 0.25) is 0 Å². The first-order chi connectivity index (χ1) is 16.0. The van der Waals surface area contributed by atoms with Crippen molar-refractivity contribution in [2.45, 2.75) is 57.0 Å². The molecule has 4 N–H and O–H groups in total. The van der Waals surface area contributed by atoms with Crippen molar-refractivity contribution in [3.8, 4) is 11.4 Å².